The Balaban J connectivity index is 1.60. The van der Waals surface area contributed by atoms with Gasteiger partial charge < -0.3 is 10.1 Å². The average Bonchev–Trinajstić information content (AvgIpc) is 3.28. The third-order valence-corrected chi connectivity index (χ3v) is 7.28. The van der Waals surface area contributed by atoms with Gasteiger partial charge in [-0.25, -0.2) is 22.0 Å². The third-order valence-electron chi connectivity index (χ3n) is 6.34. The van der Waals surface area contributed by atoms with Gasteiger partial charge in [-0.15, -0.1) is 0 Å². The molecule has 2 aliphatic rings. The predicted octanol–water partition coefficient (Wildman–Crippen LogP) is 2.62. The van der Waals surface area contributed by atoms with Gasteiger partial charge in [-0.2, -0.15) is 9.19 Å². The lowest BCUT2D eigenvalue weighted by Crippen LogP contribution is -2.57. The highest BCUT2D eigenvalue weighted by Gasteiger charge is 2.42. The molecule has 9 nitrogen and oxygen atoms in total. The standard InChI is InChI=1S/C23H31F2N5O4S/c1-23(2,3)34-22(31)27-19-9-16(12-28(4)21(19)17-8-15(24)6-7-18(17)25)29-11-14-10-26-30(20(14)13-29)35(5,32)33/h6-8,10,16,19,21H,9,11-13H2,1-5H3,(H,27,31)/t16?,19?,21-/m1/s1. The van der Waals surface area contributed by atoms with Gasteiger partial charge in [-0.3, -0.25) is 9.80 Å². The minimum Gasteiger partial charge on any atom is -0.444 e. The minimum atomic E-state index is -3.53. The minimum absolute atomic E-state index is 0.0896. The van der Waals surface area contributed by atoms with Crippen LogP contribution >= 0.6 is 0 Å². The monoisotopic (exact) mass is 511 g/mol. The Hall–Kier alpha value is -2.57. The molecular formula is C23H31F2N5O4S. The van der Waals surface area contributed by atoms with E-state index >= 15 is 0 Å². The number of piperidine rings is 1. The van der Waals surface area contributed by atoms with E-state index in [-0.39, 0.29) is 11.6 Å². The van der Waals surface area contributed by atoms with E-state index < -0.39 is 45.4 Å². The second-order valence-electron chi connectivity index (χ2n) is 10.3. The smallest absolute Gasteiger partial charge is 0.407 e. The first-order valence-corrected chi connectivity index (χ1v) is 13.2. The number of ether oxygens (including phenoxy) is 1. The summed E-state index contributed by atoms with van der Waals surface area (Å²) in [5, 5.41) is 6.88. The van der Waals surface area contributed by atoms with Crippen molar-refractivity contribution in [3.63, 3.8) is 0 Å². The molecule has 4 rings (SSSR count). The van der Waals surface area contributed by atoms with Crippen LogP contribution in [0.3, 0.4) is 0 Å². The van der Waals surface area contributed by atoms with E-state index in [0.717, 1.165) is 34.1 Å². The fraction of sp³-hybridized carbons (Fsp3) is 0.565. The molecule has 1 saturated heterocycles. The molecule has 3 heterocycles. The summed E-state index contributed by atoms with van der Waals surface area (Å²) < 4.78 is 59.5. The maximum absolute atomic E-state index is 14.8. The largest absolute Gasteiger partial charge is 0.444 e. The molecule has 0 bridgehead atoms. The van der Waals surface area contributed by atoms with E-state index in [0.29, 0.717) is 31.7 Å². The molecule has 192 valence electrons. The summed E-state index contributed by atoms with van der Waals surface area (Å²) in [5.74, 6) is -1.12. The van der Waals surface area contributed by atoms with Crippen molar-refractivity contribution in [3.05, 3.63) is 52.9 Å². The highest BCUT2D eigenvalue weighted by atomic mass is 32.2. The Labute approximate surface area is 204 Å². The molecule has 0 aliphatic carbocycles. The van der Waals surface area contributed by atoms with Crippen molar-refractivity contribution in [2.45, 2.75) is 64.0 Å². The number of aromatic nitrogens is 2. The van der Waals surface area contributed by atoms with E-state index in [1.165, 1.54) is 0 Å². The predicted molar refractivity (Wildman–Crippen MR) is 125 cm³/mol. The maximum atomic E-state index is 14.8. The molecule has 2 aromatic rings. The second-order valence-corrected chi connectivity index (χ2v) is 12.1. The molecule has 0 saturated carbocycles. The number of hydrogen-bond acceptors (Lipinski definition) is 7. The summed E-state index contributed by atoms with van der Waals surface area (Å²) in [7, 11) is -1.73. The van der Waals surface area contributed by atoms with E-state index in [4.69, 9.17) is 4.74 Å². The number of carbonyl (C=O) groups excluding carboxylic acids is 1. The van der Waals surface area contributed by atoms with Crippen molar-refractivity contribution < 1.29 is 26.7 Å². The topological polar surface area (TPSA) is 96.8 Å². The normalized spacial score (nSPS) is 23.8. The van der Waals surface area contributed by atoms with Crippen LogP contribution < -0.4 is 5.32 Å². The van der Waals surface area contributed by atoms with Crippen molar-refractivity contribution in [2.24, 2.45) is 0 Å². The highest BCUT2D eigenvalue weighted by Crippen LogP contribution is 2.36. The SMILES string of the molecule is CN1CC(N2Cc3cnn(S(C)(=O)=O)c3C2)CC(NC(=O)OC(C)(C)C)[C@H]1c1cc(F)ccc1F. The molecule has 1 amide bonds. The van der Waals surface area contributed by atoms with Gasteiger partial charge in [0, 0.05) is 36.8 Å². The van der Waals surface area contributed by atoms with Crippen molar-refractivity contribution in [3.8, 4) is 0 Å². The summed E-state index contributed by atoms with van der Waals surface area (Å²) in [6.45, 7) is 6.63. The summed E-state index contributed by atoms with van der Waals surface area (Å²) in [6, 6.07) is 2.02. The van der Waals surface area contributed by atoms with Gasteiger partial charge >= 0.3 is 6.09 Å². The third kappa shape index (κ3) is 5.49. The highest BCUT2D eigenvalue weighted by molar-refractivity contribution is 7.89. The molecule has 2 aliphatic heterocycles. The van der Waals surface area contributed by atoms with Gasteiger partial charge in [0.25, 0.3) is 10.0 Å². The number of amides is 1. The van der Waals surface area contributed by atoms with Crippen LogP contribution in [0.25, 0.3) is 0 Å². The number of nitrogens with one attached hydrogen (secondary N) is 1. The van der Waals surface area contributed by atoms with E-state index in [1.54, 1.807) is 34.0 Å². The van der Waals surface area contributed by atoms with Crippen LogP contribution in [0.4, 0.5) is 13.6 Å². The molecule has 12 heteroatoms. The van der Waals surface area contributed by atoms with Crippen LogP contribution in [0.15, 0.2) is 24.4 Å². The van der Waals surface area contributed by atoms with Gasteiger partial charge in [-0.1, -0.05) is 0 Å². The summed E-state index contributed by atoms with van der Waals surface area (Å²) in [4.78, 5) is 16.7. The van der Waals surface area contributed by atoms with Gasteiger partial charge in [0.1, 0.15) is 17.2 Å². The quantitative estimate of drug-likeness (QED) is 0.674. The van der Waals surface area contributed by atoms with E-state index in [1.807, 2.05) is 4.90 Å². The first kappa shape index (κ1) is 25.5. The fourth-order valence-corrected chi connectivity index (χ4v) is 5.79. The van der Waals surface area contributed by atoms with Crippen LogP contribution in [-0.2, 0) is 27.8 Å². The Bertz CT molecular complexity index is 1230. The summed E-state index contributed by atoms with van der Waals surface area (Å²) in [5.41, 5.74) is 0.875. The van der Waals surface area contributed by atoms with Gasteiger partial charge in [-0.05, 0) is 52.4 Å². The molecular weight excluding hydrogens is 480 g/mol. The van der Waals surface area contributed by atoms with Gasteiger partial charge in [0.2, 0.25) is 0 Å². The maximum Gasteiger partial charge on any atom is 0.407 e. The zero-order valence-electron chi connectivity index (χ0n) is 20.5. The van der Waals surface area contributed by atoms with E-state index in [2.05, 4.69) is 15.3 Å². The lowest BCUT2D eigenvalue weighted by molar-refractivity contribution is 0.0257. The van der Waals surface area contributed by atoms with Crippen molar-refractivity contribution in [2.75, 3.05) is 19.8 Å². The van der Waals surface area contributed by atoms with Crippen LogP contribution in [0.2, 0.25) is 0 Å². The zero-order chi connectivity index (χ0) is 25.7. The Kier molecular flexibility index (Phi) is 6.66. The number of halogens is 2. The lowest BCUT2D eigenvalue weighted by Gasteiger charge is -2.46. The van der Waals surface area contributed by atoms with Crippen LogP contribution in [0.5, 0.6) is 0 Å². The van der Waals surface area contributed by atoms with Gasteiger partial charge in [0.05, 0.1) is 30.2 Å². The lowest BCUT2D eigenvalue weighted by atomic mass is 9.87. The Morgan fingerprint density at radius 1 is 1.23 bits per heavy atom. The van der Waals surface area contributed by atoms with E-state index in [9.17, 15) is 22.0 Å². The molecule has 1 aromatic heterocycles. The number of carbonyl (C=O) groups is 1. The zero-order valence-corrected chi connectivity index (χ0v) is 21.3. The molecule has 3 atom stereocenters. The summed E-state index contributed by atoms with van der Waals surface area (Å²) in [6.07, 6.45) is 2.46. The van der Waals surface area contributed by atoms with Gasteiger partial charge in [0.15, 0.2) is 0 Å². The number of likely N-dealkylation sites (N-methyl/N-ethyl adjacent to an activating group) is 1. The van der Waals surface area contributed by atoms with Crippen molar-refractivity contribution in [1.29, 1.82) is 0 Å². The van der Waals surface area contributed by atoms with Crippen LogP contribution in [-0.4, -0.2) is 71.0 Å². The van der Waals surface area contributed by atoms with Crippen LogP contribution in [0, 0.1) is 11.6 Å². The first-order chi connectivity index (χ1) is 16.2. The number of alkyl carbamates (subject to hydrolysis) is 1. The molecule has 1 N–H and O–H groups in total. The number of hydrogen-bond donors (Lipinski definition) is 1. The van der Waals surface area contributed by atoms with Crippen molar-refractivity contribution in [1.82, 2.24) is 24.3 Å². The average molecular weight is 512 g/mol. The molecule has 35 heavy (non-hydrogen) atoms. The second kappa shape index (κ2) is 9.14. The first-order valence-electron chi connectivity index (χ1n) is 11.4. The molecule has 0 radical (unpaired) electrons. The number of nitrogens with zero attached hydrogens (tertiary/aromatic N) is 4. The summed E-state index contributed by atoms with van der Waals surface area (Å²) >= 11 is 0. The molecule has 1 fully saturated rings. The number of rotatable bonds is 4. The van der Waals surface area contributed by atoms with Crippen molar-refractivity contribution >= 4 is 16.1 Å². The fourth-order valence-electron chi connectivity index (χ4n) is 5.00. The number of fused-ring (bicyclic) bond motifs is 1. The molecule has 2 unspecified atom stereocenters. The Morgan fingerprint density at radius 3 is 2.60 bits per heavy atom. The number of benzene rings is 1. The molecule has 1 aromatic carbocycles. The van der Waals surface area contributed by atoms with Crippen LogP contribution in [0.1, 0.15) is 50.1 Å². The Morgan fingerprint density at radius 2 is 1.94 bits per heavy atom. The molecule has 0 spiro atoms. The number of likely N-dealkylation sites (tertiary alicyclic amines) is 1.